The van der Waals surface area contributed by atoms with Crippen LogP contribution in [0.2, 0.25) is 0 Å². The number of nitrogens with one attached hydrogen (secondary N) is 2. The Morgan fingerprint density at radius 1 is 1.03 bits per heavy atom. The van der Waals surface area contributed by atoms with E-state index in [2.05, 4.69) is 10.6 Å². The molecular formula is C17H16N4O8. The minimum Gasteiger partial charge on any atom is -0.452 e. The lowest BCUT2D eigenvalue weighted by atomic mass is 10.1. The zero-order valence-corrected chi connectivity index (χ0v) is 14.9. The van der Waals surface area contributed by atoms with Crippen LogP contribution in [0, 0.1) is 20.2 Å². The molecule has 0 aliphatic rings. The number of benzene rings is 2. The first-order chi connectivity index (χ1) is 13.8. The SMILES string of the molecule is O=C(COC(=O)c1cc([N+](=O)[O-])ccc1NCCO)Nc1ccccc1[N+](=O)[O-]. The van der Waals surface area contributed by atoms with Crippen LogP contribution < -0.4 is 10.6 Å². The molecule has 0 saturated heterocycles. The number of hydrogen-bond acceptors (Lipinski definition) is 9. The van der Waals surface area contributed by atoms with Crippen molar-refractivity contribution in [1.29, 1.82) is 0 Å². The average Bonchev–Trinajstić information content (AvgIpc) is 2.70. The molecule has 0 aliphatic carbocycles. The van der Waals surface area contributed by atoms with Gasteiger partial charge in [0.25, 0.3) is 17.3 Å². The van der Waals surface area contributed by atoms with Gasteiger partial charge in [-0.3, -0.25) is 25.0 Å². The minimum absolute atomic E-state index is 0.0702. The van der Waals surface area contributed by atoms with E-state index >= 15 is 0 Å². The largest absolute Gasteiger partial charge is 0.452 e. The summed E-state index contributed by atoms with van der Waals surface area (Å²) in [7, 11) is 0. The Balaban J connectivity index is 2.10. The number of nitrogens with zero attached hydrogens (tertiary/aromatic N) is 2. The summed E-state index contributed by atoms with van der Waals surface area (Å²) in [5, 5.41) is 35.7. The van der Waals surface area contributed by atoms with Crippen molar-refractivity contribution >= 4 is 34.6 Å². The van der Waals surface area contributed by atoms with Crippen molar-refractivity contribution in [2.45, 2.75) is 0 Å². The summed E-state index contributed by atoms with van der Waals surface area (Å²) < 4.78 is 4.87. The maximum Gasteiger partial charge on any atom is 0.341 e. The van der Waals surface area contributed by atoms with Gasteiger partial charge < -0.3 is 20.5 Å². The molecule has 0 heterocycles. The summed E-state index contributed by atoms with van der Waals surface area (Å²) in [6.07, 6.45) is 0. The second-order valence-corrected chi connectivity index (χ2v) is 5.54. The Kier molecular flexibility index (Phi) is 7.14. The Bertz CT molecular complexity index is 947. The van der Waals surface area contributed by atoms with Gasteiger partial charge in [0, 0.05) is 30.4 Å². The van der Waals surface area contributed by atoms with Crippen molar-refractivity contribution in [1.82, 2.24) is 0 Å². The highest BCUT2D eigenvalue weighted by Crippen LogP contribution is 2.24. The number of carbonyl (C=O) groups is 2. The average molecular weight is 404 g/mol. The normalized spacial score (nSPS) is 10.1. The zero-order valence-electron chi connectivity index (χ0n) is 14.9. The van der Waals surface area contributed by atoms with Crippen LogP contribution >= 0.6 is 0 Å². The topological polar surface area (TPSA) is 174 Å². The number of amides is 1. The number of hydrogen-bond donors (Lipinski definition) is 3. The molecule has 0 saturated carbocycles. The maximum absolute atomic E-state index is 12.3. The molecule has 3 N–H and O–H groups in total. The van der Waals surface area contributed by atoms with Crippen molar-refractivity contribution in [3.8, 4) is 0 Å². The van der Waals surface area contributed by atoms with E-state index in [1.165, 1.54) is 30.3 Å². The summed E-state index contributed by atoms with van der Waals surface area (Å²) in [6, 6.07) is 8.84. The molecule has 0 spiro atoms. The summed E-state index contributed by atoms with van der Waals surface area (Å²) in [4.78, 5) is 44.8. The molecule has 2 rings (SSSR count). The van der Waals surface area contributed by atoms with Crippen molar-refractivity contribution in [3.63, 3.8) is 0 Å². The van der Waals surface area contributed by atoms with E-state index in [1.54, 1.807) is 0 Å². The summed E-state index contributed by atoms with van der Waals surface area (Å²) in [5.74, 6) is -1.85. The van der Waals surface area contributed by atoms with Crippen molar-refractivity contribution < 1.29 is 29.3 Å². The number of non-ortho nitro benzene ring substituents is 1. The highest BCUT2D eigenvalue weighted by Gasteiger charge is 2.20. The minimum atomic E-state index is -1.02. The van der Waals surface area contributed by atoms with Gasteiger partial charge in [-0.25, -0.2) is 4.79 Å². The monoisotopic (exact) mass is 404 g/mol. The molecular weight excluding hydrogens is 388 g/mol. The quantitative estimate of drug-likeness (QED) is 0.319. The first-order valence-electron chi connectivity index (χ1n) is 8.17. The summed E-state index contributed by atoms with van der Waals surface area (Å²) in [5.41, 5.74) is -0.795. The summed E-state index contributed by atoms with van der Waals surface area (Å²) >= 11 is 0. The predicted octanol–water partition coefficient (Wildman–Crippen LogP) is 1.70. The van der Waals surface area contributed by atoms with Crippen LogP contribution in [0.3, 0.4) is 0 Å². The van der Waals surface area contributed by atoms with Crippen LogP contribution in [-0.2, 0) is 9.53 Å². The molecule has 29 heavy (non-hydrogen) atoms. The third-order valence-electron chi connectivity index (χ3n) is 3.57. The van der Waals surface area contributed by atoms with E-state index in [4.69, 9.17) is 9.84 Å². The molecule has 12 nitrogen and oxygen atoms in total. The zero-order chi connectivity index (χ0) is 21.4. The van der Waals surface area contributed by atoms with E-state index in [1.807, 2.05) is 0 Å². The smallest absolute Gasteiger partial charge is 0.341 e. The standard InChI is InChI=1S/C17H16N4O8/c22-8-7-18-13-6-5-11(20(25)26)9-12(13)17(24)29-10-16(23)19-14-3-1-2-4-15(14)21(27)28/h1-6,9,18,22H,7-8,10H2,(H,19,23). The number of rotatable bonds is 9. The molecule has 12 heteroatoms. The fourth-order valence-corrected chi connectivity index (χ4v) is 2.29. The lowest BCUT2D eigenvalue weighted by Crippen LogP contribution is -2.22. The number of para-hydroxylation sites is 2. The van der Waals surface area contributed by atoms with Gasteiger partial charge in [-0.1, -0.05) is 12.1 Å². The van der Waals surface area contributed by atoms with Gasteiger partial charge in [-0.15, -0.1) is 0 Å². The predicted molar refractivity (Wildman–Crippen MR) is 101 cm³/mol. The van der Waals surface area contributed by atoms with E-state index in [0.717, 1.165) is 12.1 Å². The van der Waals surface area contributed by atoms with Gasteiger partial charge in [0.1, 0.15) is 5.69 Å². The third-order valence-corrected chi connectivity index (χ3v) is 3.57. The number of aliphatic hydroxyl groups excluding tert-OH is 1. The van der Waals surface area contributed by atoms with Crippen LogP contribution in [0.4, 0.5) is 22.7 Å². The molecule has 2 aromatic carbocycles. The van der Waals surface area contributed by atoms with E-state index in [0.29, 0.717) is 0 Å². The van der Waals surface area contributed by atoms with Gasteiger partial charge in [0.05, 0.1) is 22.0 Å². The Labute approximate surface area is 163 Å². The Hall–Kier alpha value is -4.06. The fraction of sp³-hybridized carbons (Fsp3) is 0.176. The van der Waals surface area contributed by atoms with Crippen LogP contribution in [-0.4, -0.2) is 46.6 Å². The molecule has 0 bridgehead atoms. The molecule has 0 aromatic heterocycles. The van der Waals surface area contributed by atoms with Crippen molar-refractivity contribution in [2.24, 2.45) is 0 Å². The summed E-state index contributed by atoms with van der Waals surface area (Å²) in [6.45, 7) is -0.937. The first kappa shape index (κ1) is 21.2. The number of anilines is 2. The maximum atomic E-state index is 12.3. The highest BCUT2D eigenvalue weighted by atomic mass is 16.6. The van der Waals surface area contributed by atoms with Crippen LogP contribution in [0.15, 0.2) is 42.5 Å². The second-order valence-electron chi connectivity index (χ2n) is 5.54. The van der Waals surface area contributed by atoms with E-state index in [-0.39, 0.29) is 41.5 Å². The number of esters is 1. The van der Waals surface area contributed by atoms with Gasteiger partial charge in [-0.05, 0) is 12.1 Å². The van der Waals surface area contributed by atoms with Crippen LogP contribution in [0.25, 0.3) is 0 Å². The molecule has 0 aliphatic heterocycles. The van der Waals surface area contributed by atoms with E-state index < -0.39 is 28.3 Å². The number of nitro groups is 2. The molecule has 2 aromatic rings. The Morgan fingerprint density at radius 2 is 1.76 bits per heavy atom. The lowest BCUT2D eigenvalue weighted by molar-refractivity contribution is -0.384. The Morgan fingerprint density at radius 3 is 2.41 bits per heavy atom. The lowest BCUT2D eigenvalue weighted by Gasteiger charge is -2.11. The number of nitro benzene ring substituents is 2. The highest BCUT2D eigenvalue weighted by molar-refractivity contribution is 5.99. The van der Waals surface area contributed by atoms with Crippen LogP contribution in [0.5, 0.6) is 0 Å². The molecule has 0 fully saturated rings. The van der Waals surface area contributed by atoms with Crippen LogP contribution in [0.1, 0.15) is 10.4 Å². The third kappa shape index (κ3) is 5.71. The number of aliphatic hydroxyl groups is 1. The van der Waals surface area contributed by atoms with Crippen molar-refractivity contribution in [3.05, 3.63) is 68.3 Å². The molecule has 0 radical (unpaired) electrons. The molecule has 1 amide bonds. The number of ether oxygens (including phenoxy) is 1. The molecule has 0 unspecified atom stereocenters. The number of carbonyl (C=O) groups excluding carboxylic acids is 2. The van der Waals surface area contributed by atoms with Gasteiger partial charge >= 0.3 is 5.97 Å². The van der Waals surface area contributed by atoms with Gasteiger partial charge in [0.2, 0.25) is 0 Å². The van der Waals surface area contributed by atoms with Crippen molar-refractivity contribution in [2.75, 3.05) is 30.4 Å². The molecule has 152 valence electrons. The van der Waals surface area contributed by atoms with Gasteiger partial charge in [0.15, 0.2) is 6.61 Å². The first-order valence-corrected chi connectivity index (χ1v) is 8.17. The van der Waals surface area contributed by atoms with E-state index in [9.17, 15) is 29.8 Å². The fourth-order valence-electron chi connectivity index (χ4n) is 2.29. The molecule has 0 atom stereocenters. The second kappa shape index (κ2) is 9.75. The van der Waals surface area contributed by atoms with Gasteiger partial charge in [-0.2, -0.15) is 0 Å².